The molecule has 1 aliphatic heterocycles. The van der Waals surface area contributed by atoms with E-state index in [9.17, 15) is 9.59 Å². The molecule has 0 spiro atoms. The summed E-state index contributed by atoms with van der Waals surface area (Å²) in [5, 5.41) is 6.14. The number of amides is 2. The largest absolute Gasteiger partial charge is 0.492 e. The number of fused-ring (bicyclic) bond motifs is 1. The Morgan fingerprint density at radius 2 is 2.04 bits per heavy atom. The van der Waals surface area contributed by atoms with Crippen LogP contribution in [0.1, 0.15) is 17.3 Å². The molecule has 1 atom stereocenters. The van der Waals surface area contributed by atoms with Gasteiger partial charge in [-0.25, -0.2) is 0 Å². The minimum Gasteiger partial charge on any atom is -0.492 e. The quantitative estimate of drug-likeness (QED) is 0.783. The first-order chi connectivity index (χ1) is 12.0. The van der Waals surface area contributed by atoms with Gasteiger partial charge in [0.25, 0.3) is 5.91 Å². The van der Waals surface area contributed by atoms with Gasteiger partial charge in [-0.05, 0) is 49.4 Å². The van der Waals surface area contributed by atoms with Crippen LogP contribution in [0, 0.1) is 0 Å². The lowest BCUT2D eigenvalue weighted by molar-refractivity contribution is -0.115. The summed E-state index contributed by atoms with van der Waals surface area (Å²) in [5.41, 5.74) is 1.18. The fourth-order valence-electron chi connectivity index (χ4n) is 2.32. The van der Waals surface area contributed by atoms with Crippen LogP contribution < -0.4 is 15.4 Å². The molecule has 1 unspecified atom stereocenters. The minimum atomic E-state index is -0.208. The third-order valence-corrected chi connectivity index (χ3v) is 5.07. The van der Waals surface area contributed by atoms with Crippen LogP contribution in [0.4, 0.5) is 5.69 Å². The van der Waals surface area contributed by atoms with Crippen molar-refractivity contribution in [3.63, 3.8) is 0 Å². The first kappa shape index (κ1) is 17.6. The Hall–Kier alpha value is -2.18. The smallest absolute Gasteiger partial charge is 0.251 e. The van der Waals surface area contributed by atoms with E-state index in [-0.39, 0.29) is 17.1 Å². The van der Waals surface area contributed by atoms with Gasteiger partial charge >= 0.3 is 0 Å². The van der Waals surface area contributed by atoms with Gasteiger partial charge in [-0.3, -0.25) is 9.59 Å². The number of nitrogens with one attached hydrogen (secondary N) is 2. The van der Waals surface area contributed by atoms with Crippen LogP contribution in [-0.2, 0) is 4.79 Å². The average Bonchev–Trinajstić information content (AvgIpc) is 2.60. The van der Waals surface area contributed by atoms with Gasteiger partial charge in [-0.15, -0.1) is 11.8 Å². The molecule has 0 radical (unpaired) electrons. The van der Waals surface area contributed by atoms with Gasteiger partial charge < -0.3 is 15.4 Å². The summed E-state index contributed by atoms with van der Waals surface area (Å²) >= 11 is 7.30. The summed E-state index contributed by atoms with van der Waals surface area (Å²) in [6.07, 6.45) is 0. The Balaban J connectivity index is 1.52. The minimum absolute atomic E-state index is 0.0496. The number of thioether (sulfide) groups is 1. The van der Waals surface area contributed by atoms with Crippen molar-refractivity contribution in [1.29, 1.82) is 0 Å². The molecule has 0 bridgehead atoms. The molecule has 7 heteroatoms. The highest BCUT2D eigenvalue weighted by molar-refractivity contribution is 8.00. The van der Waals surface area contributed by atoms with E-state index in [1.165, 1.54) is 11.8 Å². The molecule has 5 nitrogen and oxygen atoms in total. The lowest BCUT2D eigenvalue weighted by atomic mass is 10.1. The highest BCUT2D eigenvalue weighted by Crippen LogP contribution is 2.35. The van der Waals surface area contributed by atoms with E-state index in [0.29, 0.717) is 35.2 Å². The average molecular weight is 377 g/mol. The van der Waals surface area contributed by atoms with Gasteiger partial charge in [-0.2, -0.15) is 0 Å². The van der Waals surface area contributed by atoms with Crippen molar-refractivity contribution in [3.8, 4) is 5.75 Å². The van der Waals surface area contributed by atoms with Gasteiger partial charge in [0.15, 0.2) is 0 Å². The van der Waals surface area contributed by atoms with Gasteiger partial charge in [0.2, 0.25) is 5.91 Å². The molecule has 3 rings (SSSR count). The summed E-state index contributed by atoms with van der Waals surface area (Å²) in [6.45, 7) is 2.57. The zero-order chi connectivity index (χ0) is 17.8. The van der Waals surface area contributed by atoms with Crippen LogP contribution in [-0.4, -0.2) is 30.2 Å². The number of carbonyl (C=O) groups is 2. The zero-order valence-corrected chi connectivity index (χ0v) is 15.1. The third kappa shape index (κ3) is 4.46. The van der Waals surface area contributed by atoms with Crippen LogP contribution in [0.15, 0.2) is 47.4 Å². The molecule has 1 heterocycles. The van der Waals surface area contributed by atoms with Gasteiger partial charge in [-0.1, -0.05) is 11.6 Å². The second kappa shape index (κ2) is 7.80. The number of halogens is 1. The van der Waals surface area contributed by atoms with E-state index in [2.05, 4.69) is 10.6 Å². The highest BCUT2D eigenvalue weighted by atomic mass is 35.5. The highest BCUT2D eigenvalue weighted by Gasteiger charge is 2.23. The van der Waals surface area contributed by atoms with E-state index < -0.39 is 0 Å². The zero-order valence-electron chi connectivity index (χ0n) is 13.5. The molecule has 0 aromatic heterocycles. The number of hydrogen-bond donors (Lipinski definition) is 2. The Kier molecular flexibility index (Phi) is 5.50. The monoisotopic (exact) mass is 376 g/mol. The third-order valence-electron chi connectivity index (χ3n) is 3.64. The summed E-state index contributed by atoms with van der Waals surface area (Å²) in [5.74, 6) is 0.438. The molecular formula is C18H17ClN2O3S. The van der Waals surface area contributed by atoms with Crippen molar-refractivity contribution in [3.05, 3.63) is 53.1 Å². The van der Waals surface area contributed by atoms with Crippen molar-refractivity contribution in [2.75, 3.05) is 18.5 Å². The number of carbonyl (C=O) groups excluding carboxylic acids is 2. The van der Waals surface area contributed by atoms with Crippen LogP contribution in [0.2, 0.25) is 5.02 Å². The van der Waals surface area contributed by atoms with Gasteiger partial charge in [0.1, 0.15) is 12.4 Å². The number of anilines is 1. The number of hydrogen-bond acceptors (Lipinski definition) is 4. The lowest BCUT2D eigenvalue weighted by Crippen LogP contribution is -2.29. The molecule has 1 aliphatic rings. The summed E-state index contributed by atoms with van der Waals surface area (Å²) < 4.78 is 5.53. The van der Waals surface area contributed by atoms with Gasteiger partial charge in [0.05, 0.1) is 17.5 Å². The predicted molar refractivity (Wildman–Crippen MR) is 99.7 cm³/mol. The SMILES string of the molecule is CC1Sc2ccc(C(=O)NCCOc3ccc(Cl)cc3)cc2NC1=O. The molecule has 0 saturated heterocycles. The Labute approximate surface area is 155 Å². The summed E-state index contributed by atoms with van der Waals surface area (Å²) in [7, 11) is 0. The molecule has 0 fully saturated rings. The van der Waals surface area contributed by atoms with Crippen LogP contribution >= 0.6 is 23.4 Å². The van der Waals surface area contributed by atoms with E-state index in [1.54, 1.807) is 36.4 Å². The Bertz CT molecular complexity index is 795. The molecule has 2 amide bonds. The van der Waals surface area contributed by atoms with Crippen molar-refractivity contribution in [2.24, 2.45) is 0 Å². The summed E-state index contributed by atoms with van der Waals surface area (Å²) in [6, 6.07) is 12.3. The van der Waals surface area contributed by atoms with E-state index in [0.717, 1.165) is 4.90 Å². The van der Waals surface area contributed by atoms with E-state index >= 15 is 0 Å². The van der Waals surface area contributed by atoms with Crippen molar-refractivity contribution in [2.45, 2.75) is 17.1 Å². The number of ether oxygens (including phenoxy) is 1. The maximum Gasteiger partial charge on any atom is 0.251 e. The second-order valence-electron chi connectivity index (χ2n) is 5.52. The molecule has 0 aliphatic carbocycles. The van der Waals surface area contributed by atoms with Crippen molar-refractivity contribution < 1.29 is 14.3 Å². The number of rotatable bonds is 5. The van der Waals surface area contributed by atoms with Crippen LogP contribution in [0.3, 0.4) is 0 Å². The second-order valence-corrected chi connectivity index (χ2v) is 7.34. The molecule has 130 valence electrons. The molecule has 2 N–H and O–H groups in total. The maximum absolute atomic E-state index is 12.2. The Morgan fingerprint density at radius 3 is 2.80 bits per heavy atom. The fourth-order valence-corrected chi connectivity index (χ4v) is 3.37. The Morgan fingerprint density at radius 1 is 1.28 bits per heavy atom. The summed E-state index contributed by atoms with van der Waals surface area (Å²) in [4.78, 5) is 24.9. The van der Waals surface area contributed by atoms with Crippen LogP contribution in [0.5, 0.6) is 5.75 Å². The van der Waals surface area contributed by atoms with Gasteiger partial charge in [0, 0.05) is 15.5 Å². The molecule has 0 saturated carbocycles. The van der Waals surface area contributed by atoms with Crippen molar-refractivity contribution in [1.82, 2.24) is 5.32 Å². The predicted octanol–water partition coefficient (Wildman–Crippen LogP) is 3.58. The van der Waals surface area contributed by atoms with Crippen molar-refractivity contribution >= 4 is 40.9 Å². The normalized spacial score (nSPS) is 15.9. The molecule has 25 heavy (non-hydrogen) atoms. The van der Waals surface area contributed by atoms with E-state index in [1.807, 2.05) is 13.0 Å². The first-order valence-electron chi connectivity index (χ1n) is 7.81. The standard InChI is InChI=1S/C18H17ClN2O3S/c1-11-17(22)21-15-10-12(2-7-16(15)25-11)18(23)20-8-9-24-14-5-3-13(19)4-6-14/h2-7,10-11H,8-9H2,1H3,(H,20,23)(H,21,22). The maximum atomic E-state index is 12.2. The molecule has 2 aromatic rings. The van der Waals surface area contributed by atoms with E-state index in [4.69, 9.17) is 16.3 Å². The fraction of sp³-hybridized carbons (Fsp3) is 0.222. The first-order valence-corrected chi connectivity index (χ1v) is 9.07. The van der Waals surface area contributed by atoms with Crippen LogP contribution in [0.25, 0.3) is 0 Å². The topological polar surface area (TPSA) is 67.4 Å². The number of benzene rings is 2. The lowest BCUT2D eigenvalue weighted by Gasteiger charge is -2.21. The molecule has 2 aromatic carbocycles. The molecular weight excluding hydrogens is 360 g/mol.